The molecule has 41 heavy (non-hydrogen) atoms. The molecule has 1 atom stereocenters. The number of anilines is 1. The topological polar surface area (TPSA) is 114 Å². The van der Waals surface area contributed by atoms with E-state index >= 15 is 0 Å². The van der Waals surface area contributed by atoms with Crippen LogP contribution in [-0.2, 0) is 26.2 Å². The molecule has 3 aromatic rings. The highest BCUT2D eigenvalue weighted by Gasteiger charge is 2.33. The van der Waals surface area contributed by atoms with Crippen molar-refractivity contribution in [2.75, 3.05) is 38.7 Å². The largest absolute Gasteiger partial charge is 0.494 e. The summed E-state index contributed by atoms with van der Waals surface area (Å²) < 4.78 is 45.3. The highest BCUT2D eigenvalue weighted by molar-refractivity contribution is 7.92. The summed E-state index contributed by atoms with van der Waals surface area (Å²) in [6.45, 7) is 5.40. The predicted molar refractivity (Wildman–Crippen MR) is 157 cm³/mol. The zero-order valence-corrected chi connectivity index (χ0v) is 25.0. The standard InChI is InChI=1S/C30H37N3O7S/c1-7-40-25-14-12-24(13-15-25)33(41(36,37)26-16-17-27(38-5)28(18-26)39-6)20-29(34)32(22(3)30(35)31-4)19-23-10-8-21(2)9-11-23/h8-18,22H,7,19-20H2,1-6H3,(H,31,35). The van der Waals surface area contributed by atoms with Crippen molar-refractivity contribution in [3.05, 3.63) is 77.9 Å². The van der Waals surface area contributed by atoms with Crippen LogP contribution in [0.3, 0.4) is 0 Å². The Morgan fingerprint density at radius 1 is 0.927 bits per heavy atom. The van der Waals surface area contributed by atoms with Gasteiger partial charge in [-0.25, -0.2) is 8.42 Å². The van der Waals surface area contributed by atoms with Crippen molar-refractivity contribution in [2.24, 2.45) is 0 Å². The van der Waals surface area contributed by atoms with Gasteiger partial charge in [-0.15, -0.1) is 0 Å². The highest BCUT2D eigenvalue weighted by Crippen LogP contribution is 2.33. The second kappa shape index (κ2) is 13.9. The Kier molecular flexibility index (Phi) is 10.6. The molecule has 10 nitrogen and oxygen atoms in total. The van der Waals surface area contributed by atoms with Crippen molar-refractivity contribution in [2.45, 2.75) is 38.3 Å². The minimum absolute atomic E-state index is 0.0960. The van der Waals surface area contributed by atoms with E-state index in [9.17, 15) is 18.0 Å². The van der Waals surface area contributed by atoms with Crippen LogP contribution in [0, 0.1) is 6.92 Å². The molecule has 3 rings (SSSR count). The summed E-state index contributed by atoms with van der Waals surface area (Å²) in [6, 6.07) is 17.3. The Morgan fingerprint density at radius 3 is 2.12 bits per heavy atom. The van der Waals surface area contributed by atoms with Crippen molar-refractivity contribution in [3.8, 4) is 17.2 Å². The first-order valence-corrected chi connectivity index (χ1v) is 14.5. The monoisotopic (exact) mass is 583 g/mol. The first-order valence-electron chi connectivity index (χ1n) is 13.1. The van der Waals surface area contributed by atoms with Crippen molar-refractivity contribution in [1.82, 2.24) is 10.2 Å². The average Bonchev–Trinajstić information content (AvgIpc) is 2.98. The van der Waals surface area contributed by atoms with Crippen LogP contribution >= 0.6 is 0 Å². The number of likely N-dealkylation sites (N-methyl/N-ethyl adjacent to an activating group) is 1. The number of benzene rings is 3. The van der Waals surface area contributed by atoms with Gasteiger partial charge in [0.2, 0.25) is 11.8 Å². The number of methoxy groups -OCH3 is 2. The van der Waals surface area contributed by atoms with E-state index in [4.69, 9.17) is 14.2 Å². The molecule has 0 heterocycles. The molecular weight excluding hydrogens is 546 g/mol. The number of carbonyl (C=O) groups is 2. The second-order valence-electron chi connectivity index (χ2n) is 9.25. The lowest BCUT2D eigenvalue weighted by Gasteiger charge is -2.32. The Hall–Kier alpha value is -4.25. The van der Waals surface area contributed by atoms with E-state index in [1.807, 2.05) is 38.1 Å². The van der Waals surface area contributed by atoms with Gasteiger partial charge >= 0.3 is 0 Å². The van der Waals surface area contributed by atoms with Crippen LogP contribution in [0.5, 0.6) is 17.2 Å². The van der Waals surface area contributed by atoms with Crippen molar-refractivity contribution in [3.63, 3.8) is 0 Å². The van der Waals surface area contributed by atoms with E-state index < -0.39 is 28.5 Å². The molecule has 0 aromatic heterocycles. The summed E-state index contributed by atoms with van der Waals surface area (Å²) in [6.07, 6.45) is 0. The normalized spacial score (nSPS) is 11.8. The molecule has 0 radical (unpaired) electrons. The molecule has 2 amide bonds. The van der Waals surface area contributed by atoms with Crippen LogP contribution in [0.4, 0.5) is 5.69 Å². The van der Waals surface area contributed by atoms with Crippen LogP contribution < -0.4 is 23.8 Å². The smallest absolute Gasteiger partial charge is 0.264 e. The molecule has 1 unspecified atom stereocenters. The van der Waals surface area contributed by atoms with E-state index in [0.717, 1.165) is 15.4 Å². The number of sulfonamides is 1. The van der Waals surface area contributed by atoms with Gasteiger partial charge in [-0.3, -0.25) is 13.9 Å². The molecule has 11 heteroatoms. The maximum Gasteiger partial charge on any atom is 0.264 e. The van der Waals surface area contributed by atoms with Crippen LogP contribution in [0.2, 0.25) is 0 Å². The van der Waals surface area contributed by atoms with Crippen LogP contribution in [0.1, 0.15) is 25.0 Å². The van der Waals surface area contributed by atoms with Gasteiger partial charge in [-0.2, -0.15) is 0 Å². The molecule has 0 fully saturated rings. The Bertz CT molecular complexity index is 1440. The number of ether oxygens (including phenoxy) is 3. The average molecular weight is 584 g/mol. The zero-order chi connectivity index (χ0) is 30.2. The minimum atomic E-state index is -4.29. The van der Waals surface area contributed by atoms with Crippen LogP contribution in [0.15, 0.2) is 71.6 Å². The summed E-state index contributed by atoms with van der Waals surface area (Å²) in [5, 5.41) is 2.57. The molecule has 0 aliphatic rings. The van der Waals surface area contributed by atoms with E-state index in [2.05, 4.69) is 5.32 Å². The third-order valence-corrected chi connectivity index (χ3v) is 8.31. The van der Waals surface area contributed by atoms with Crippen molar-refractivity contribution in [1.29, 1.82) is 0 Å². The maximum atomic E-state index is 14.1. The van der Waals surface area contributed by atoms with Gasteiger partial charge in [0.15, 0.2) is 11.5 Å². The Labute approximate surface area is 241 Å². The number of hydrogen-bond acceptors (Lipinski definition) is 7. The molecule has 0 aliphatic carbocycles. The van der Waals surface area contributed by atoms with E-state index in [1.165, 1.54) is 44.4 Å². The second-order valence-corrected chi connectivity index (χ2v) is 11.1. The van der Waals surface area contributed by atoms with Gasteiger partial charge in [-0.1, -0.05) is 29.8 Å². The van der Waals surface area contributed by atoms with Crippen LogP contribution in [-0.4, -0.2) is 65.6 Å². The molecule has 220 valence electrons. The number of rotatable bonds is 13. The van der Waals surface area contributed by atoms with Gasteiger partial charge in [0.1, 0.15) is 18.3 Å². The molecule has 0 spiro atoms. The molecular formula is C30H37N3O7S. The Balaban J connectivity index is 2.07. The molecule has 0 bridgehead atoms. The number of carbonyl (C=O) groups excluding carboxylic acids is 2. The van der Waals surface area contributed by atoms with Gasteiger partial charge in [0.05, 0.1) is 31.4 Å². The summed E-state index contributed by atoms with van der Waals surface area (Å²) >= 11 is 0. The van der Waals surface area contributed by atoms with E-state index in [0.29, 0.717) is 18.1 Å². The molecule has 3 aromatic carbocycles. The number of nitrogens with zero attached hydrogens (tertiary/aromatic N) is 2. The quantitative estimate of drug-likeness (QED) is 0.326. The number of hydrogen-bond donors (Lipinski definition) is 1. The van der Waals surface area contributed by atoms with Gasteiger partial charge in [-0.05, 0) is 62.7 Å². The molecule has 1 N–H and O–H groups in total. The molecule has 0 aliphatic heterocycles. The summed E-state index contributed by atoms with van der Waals surface area (Å²) in [7, 11) is 0.0602. The minimum Gasteiger partial charge on any atom is -0.494 e. The molecule has 0 saturated carbocycles. The third kappa shape index (κ3) is 7.49. The molecule has 0 saturated heterocycles. The van der Waals surface area contributed by atoms with Gasteiger partial charge in [0.25, 0.3) is 10.0 Å². The fraction of sp³-hybridized carbons (Fsp3) is 0.333. The number of aryl methyl sites for hydroxylation is 1. The van der Waals surface area contributed by atoms with E-state index in [-0.39, 0.29) is 28.8 Å². The van der Waals surface area contributed by atoms with Crippen molar-refractivity contribution < 1.29 is 32.2 Å². The van der Waals surface area contributed by atoms with Crippen molar-refractivity contribution >= 4 is 27.5 Å². The third-order valence-electron chi connectivity index (χ3n) is 6.54. The van der Waals surface area contributed by atoms with Gasteiger partial charge in [0, 0.05) is 19.7 Å². The number of amides is 2. The van der Waals surface area contributed by atoms with Crippen LogP contribution in [0.25, 0.3) is 0 Å². The summed E-state index contributed by atoms with van der Waals surface area (Å²) in [5.41, 5.74) is 2.10. The van der Waals surface area contributed by atoms with Gasteiger partial charge < -0.3 is 24.4 Å². The summed E-state index contributed by atoms with van der Waals surface area (Å²) in [5.74, 6) is 0.209. The first kappa shape index (κ1) is 31.3. The maximum absolute atomic E-state index is 14.1. The lowest BCUT2D eigenvalue weighted by Crippen LogP contribution is -2.50. The fourth-order valence-electron chi connectivity index (χ4n) is 4.19. The SMILES string of the molecule is CCOc1ccc(N(CC(=O)N(Cc2ccc(C)cc2)C(C)C(=O)NC)S(=O)(=O)c2ccc(OC)c(OC)c2)cc1. The zero-order valence-electron chi connectivity index (χ0n) is 24.2. The fourth-order valence-corrected chi connectivity index (χ4v) is 5.62. The highest BCUT2D eigenvalue weighted by atomic mass is 32.2. The summed E-state index contributed by atoms with van der Waals surface area (Å²) in [4.78, 5) is 27.8. The number of nitrogens with one attached hydrogen (secondary N) is 1. The first-order chi connectivity index (χ1) is 19.5. The Morgan fingerprint density at radius 2 is 1.56 bits per heavy atom. The lowest BCUT2D eigenvalue weighted by atomic mass is 10.1. The van der Waals surface area contributed by atoms with E-state index in [1.54, 1.807) is 31.2 Å². The predicted octanol–water partition coefficient (Wildman–Crippen LogP) is 3.77. The lowest BCUT2D eigenvalue weighted by molar-refractivity contribution is -0.139.